The van der Waals surface area contributed by atoms with Crippen LogP contribution in [0.3, 0.4) is 0 Å². The van der Waals surface area contributed by atoms with Gasteiger partial charge in [-0.25, -0.2) is 0 Å². The van der Waals surface area contributed by atoms with Gasteiger partial charge in [-0.05, 0) is 51.9 Å². The van der Waals surface area contributed by atoms with Crippen LogP contribution in [-0.2, 0) is 6.18 Å². The second kappa shape index (κ2) is 7.15. The van der Waals surface area contributed by atoms with Crippen molar-refractivity contribution in [3.63, 3.8) is 0 Å². The van der Waals surface area contributed by atoms with E-state index in [1.54, 1.807) is 12.1 Å². The van der Waals surface area contributed by atoms with Gasteiger partial charge in [-0.1, -0.05) is 53.6 Å². The molecule has 0 aliphatic carbocycles. The van der Waals surface area contributed by atoms with Crippen LogP contribution in [0.2, 0.25) is 0 Å². The van der Waals surface area contributed by atoms with E-state index in [1.165, 1.54) is 12.1 Å². The van der Waals surface area contributed by atoms with Gasteiger partial charge >= 0.3 is 12.2 Å². The third-order valence-electron chi connectivity index (χ3n) is 4.03. The molecule has 0 saturated heterocycles. The number of ether oxygens (including phenoxy) is 1. The molecule has 28 heavy (non-hydrogen) atoms. The van der Waals surface area contributed by atoms with Crippen molar-refractivity contribution >= 4 is 0 Å². The molecular formula is C20H13F3N4O. The first-order valence-electron chi connectivity index (χ1n) is 8.30. The summed E-state index contributed by atoms with van der Waals surface area (Å²) in [6.07, 6.45) is -4.46. The van der Waals surface area contributed by atoms with Gasteiger partial charge in [0.15, 0.2) is 0 Å². The molecule has 0 atom stereocenters. The van der Waals surface area contributed by atoms with Gasteiger partial charge < -0.3 is 4.74 Å². The standard InChI is InChI=1S/C20H13F3N4O/c21-20(22,23)16-7-4-8-17(13-16)27-19(24-25-26-27)28-18-11-9-15(10-12-18)14-5-2-1-3-6-14/h1-13H. The van der Waals surface area contributed by atoms with Gasteiger partial charge in [0.1, 0.15) is 5.75 Å². The number of nitrogens with zero attached hydrogens (tertiary/aromatic N) is 4. The quantitative estimate of drug-likeness (QED) is 0.490. The van der Waals surface area contributed by atoms with Crippen LogP contribution in [-0.4, -0.2) is 20.2 Å². The molecule has 1 heterocycles. The Bertz CT molecular complexity index is 1080. The molecule has 4 rings (SSSR count). The molecule has 4 aromatic rings. The van der Waals surface area contributed by atoms with Gasteiger partial charge in [0.2, 0.25) is 0 Å². The Hall–Kier alpha value is -3.68. The third-order valence-corrected chi connectivity index (χ3v) is 4.03. The molecule has 0 aliphatic rings. The largest absolute Gasteiger partial charge is 0.423 e. The summed E-state index contributed by atoms with van der Waals surface area (Å²) in [5.74, 6) is 0.461. The highest BCUT2D eigenvalue weighted by atomic mass is 19.4. The summed E-state index contributed by atoms with van der Waals surface area (Å²) in [6.45, 7) is 0. The molecule has 140 valence electrons. The number of hydrogen-bond donors (Lipinski definition) is 0. The third kappa shape index (κ3) is 3.71. The van der Waals surface area contributed by atoms with Gasteiger partial charge in [-0.2, -0.15) is 17.9 Å². The number of halogens is 3. The lowest BCUT2D eigenvalue weighted by molar-refractivity contribution is -0.137. The van der Waals surface area contributed by atoms with Crippen LogP contribution in [0.5, 0.6) is 11.8 Å². The zero-order valence-electron chi connectivity index (χ0n) is 14.3. The van der Waals surface area contributed by atoms with E-state index in [-0.39, 0.29) is 11.7 Å². The highest BCUT2D eigenvalue weighted by Crippen LogP contribution is 2.31. The normalized spacial score (nSPS) is 11.4. The first kappa shape index (κ1) is 17.7. The lowest BCUT2D eigenvalue weighted by atomic mass is 10.1. The molecule has 1 aromatic heterocycles. The van der Waals surface area contributed by atoms with Crippen molar-refractivity contribution in [3.8, 4) is 28.6 Å². The molecule has 0 unspecified atom stereocenters. The van der Waals surface area contributed by atoms with E-state index >= 15 is 0 Å². The van der Waals surface area contributed by atoms with E-state index in [2.05, 4.69) is 15.5 Å². The predicted molar refractivity (Wildman–Crippen MR) is 96.1 cm³/mol. The molecule has 0 fully saturated rings. The summed E-state index contributed by atoms with van der Waals surface area (Å²) < 4.78 is 45.6. The molecule has 0 spiro atoms. The smallest absolute Gasteiger partial charge is 0.416 e. The average molecular weight is 382 g/mol. The van der Waals surface area contributed by atoms with Crippen LogP contribution >= 0.6 is 0 Å². The molecule has 0 amide bonds. The fraction of sp³-hybridized carbons (Fsp3) is 0.0500. The Morgan fingerprint density at radius 1 is 0.786 bits per heavy atom. The topological polar surface area (TPSA) is 52.8 Å². The van der Waals surface area contributed by atoms with E-state index in [1.807, 2.05) is 42.5 Å². The van der Waals surface area contributed by atoms with Crippen LogP contribution < -0.4 is 4.74 Å². The summed E-state index contributed by atoms with van der Waals surface area (Å²) in [5, 5.41) is 11.0. The molecule has 0 aliphatic heterocycles. The molecular weight excluding hydrogens is 369 g/mol. The van der Waals surface area contributed by atoms with E-state index < -0.39 is 11.7 Å². The van der Waals surface area contributed by atoms with E-state index in [0.717, 1.165) is 27.9 Å². The maximum Gasteiger partial charge on any atom is 0.416 e. The molecule has 0 radical (unpaired) electrons. The summed E-state index contributed by atoms with van der Waals surface area (Å²) in [4.78, 5) is 0. The maximum atomic E-state index is 12.9. The maximum absolute atomic E-state index is 12.9. The average Bonchev–Trinajstić information content (AvgIpc) is 3.17. The summed E-state index contributed by atoms with van der Waals surface area (Å²) in [5.41, 5.74) is 1.42. The minimum absolute atomic E-state index is 0.0354. The van der Waals surface area contributed by atoms with E-state index in [9.17, 15) is 13.2 Å². The second-order valence-electron chi connectivity index (χ2n) is 5.91. The van der Waals surface area contributed by atoms with Gasteiger partial charge in [0.25, 0.3) is 0 Å². The van der Waals surface area contributed by atoms with Crippen LogP contribution in [0.4, 0.5) is 13.2 Å². The van der Waals surface area contributed by atoms with Gasteiger partial charge in [-0.15, -0.1) is 0 Å². The highest BCUT2D eigenvalue weighted by molar-refractivity contribution is 5.64. The first-order chi connectivity index (χ1) is 13.5. The number of rotatable bonds is 4. The van der Waals surface area contributed by atoms with Crippen molar-refractivity contribution in [3.05, 3.63) is 84.4 Å². The minimum Gasteiger partial charge on any atom is -0.423 e. The van der Waals surface area contributed by atoms with Crippen molar-refractivity contribution in [2.45, 2.75) is 6.18 Å². The summed E-state index contributed by atoms with van der Waals surface area (Å²) in [6, 6.07) is 21.7. The Kier molecular flexibility index (Phi) is 4.52. The van der Waals surface area contributed by atoms with E-state index in [4.69, 9.17) is 4.74 Å². The van der Waals surface area contributed by atoms with E-state index in [0.29, 0.717) is 5.75 Å². The molecule has 0 saturated carbocycles. The zero-order valence-corrected chi connectivity index (χ0v) is 14.3. The van der Waals surface area contributed by atoms with Crippen LogP contribution in [0.1, 0.15) is 5.56 Å². The zero-order chi connectivity index (χ0) is 19.6. The summed E-state index contributed by atoms with van der Waals surface area (Å²) in [7, 11) is 0. The number of alkyl halides is 3. The highest BCUT2D eigenvalue weighted by Gasteiger charge is 2.30. The number of hydrogen-bond acceptors (Lipinski definition) is 4. The molecule has 5 nitrogen and oxygen atoms in total. The lowest BCUT2D eigenvalue weighted by Crippen LogP contribution is -2.07. The lowest BCUT2D eigenvalue weighted by Gasteiger charge is -2.10. The van der Waals surface area contributed by atoms with Crippen LogP contribution in [0, 0.1) is 0 Å². The minimum atomic E-state index is -4.46. The Balaban J connectivity index is 1.59. The fourth-order valence-corrected chi connectivity index (χ4v) is 2.67. The molecule has 0 N–H and O–H groups in total. The van der Waals surface area contributed by atoms with Crippen molar-refractivity contribution < 1.29 is 17.9 Å². The van der Waals surface area contributed by atoms with Crippen molar-refractivity contribution in [1.29, 1.82) is 0 Å². The van der Waals surface area contributed by atoms with Crippen LogP contribution in [0.25, 0.3) is 16.8 Å². The fourth-order valence-electron chi connectivity index (χ4n) is 2.67. The van der Waals surface area contributed by atoms with Crippen molar-refractivity contribution in [2.24, 2.45) is 0 Å². The molecule has 8 heteroatoms. The number of tetrazole rings is 1. The van der Waals surface area contributed by atoms with Gasteiger partial charge in [-0.3, -0.25) is 0 Å². The van der Waals surface area contributed by atoms with Crippen molar-refractivity contribution in [2.75, 3.05) is 0 Å². The van der Waals surface area contributed by atoms with Crippen molar-refractivity contribution in [1.82, 2.24) is 20.2 Å². The summed E-state index contributed by atoms with van der Waals surface area (Å²) >= 11 is 0. The second-order valence-corrected chi connectivity index (χ2v) is 5.91. The number of benzene rings is 3. The Morgan fingerprint density at radius 3 is 2.21 bits per heavy atom. The predicted octanol–water partition coefficient (Wildman–Crippen LogP) is 5.14. The monoisotopic (exact) mass is 382 g/mol. The first-order valence-corrected chi connectivity index (χ1v) is 8.30. The Labute approximate surface area is 158 Å². The van der Waals surface area contributed by atoms with Gasteiger partial charge in [0.05, 0.1) is 11.3 Å². The molecule has 0 bridgehead atoms. The SMILES string of the molecule is FC(F)(F)c1cccc(-n2nnnc2Oc2ccc(-c3ccccc3)cc2)c1. The Morgan fingerprint density at radius 2 is 1.50 bits per heavy atom. The van der Waals surface area contributed by atoms with Crippen LogP contribution in [0.15, 0.2) is 78.9 Å². The molecule has 3 aromatic carbocycles. The van der Waals surface area contributed by atoms with Gasteiger partial charge in [0, 0.05) is 0 Å². The number of aromatic nitrogens is 4.